The molecule has 0 aliphatic carbocycles. The van der Waals surface area contributed by atoms with Crippen LogP contribution >= 0.6 is 11.8 Å². The largest absolute Gasteiger partial charge is 0.351 e. The number of nitrogens with one attached hydrogen (secondary N) is 1. The minimum absolute atomic E-state index is 0.110. The Balaban J connectivity index is 2.10. The van der Waals surface area contributed by atoms with Crippen molar-refractivity contribution in [3.05, 3.63) is 30.1 Å². The van der Waals surface area contributed by atoms with Crippen LogP contribution in [0.15, 0.2) is 29.4 Å². The molecule has 1 heterocycles. The maximum Gasteiger partial charge on any atom is 0.318 e. The highest BCUT2D eigenvalue weighted by Crippen LogP contribution is 2.21. The Morgan fingerprint density at radius 1 is 1.38 bits per heavy atom. The summed E-state index contributed by atoms with van der Waals surface area (Å²) in [6.45, 7) is 0. The second-order valence-electron chi connectivity index (χ2n) is 3.89. The Kier molecular flexibility index (Phi) is 4.38. The molecule has 0 atom stereocenters. The van der Waals surface area contributed by atoms with E-state index in [0.29, 0.717) is 5.56 Å². The number of nitrogens with zero attached hydrogens (tertiary/aromatic N) is 3. The van der Waals surface area contributed by atoms with E-state index in [2.05, 4.69) is 10.2 Å². The topological polar surface area (TPSA) is 129 Å². The highest BCUT2D eigenvalue weighted by atomic mass is 32.2. The molecule has 2 aromatic rings. The number of carbonyl (C=O) groups excluding carboxylic acids is 2. The molecule has 10 heteroatoms. The third-order valence-electron chi connectivity index (χ3n) is 2.34. The molecule has 0 saturated heterocycles. The van der Waals surface area contributed by atoms with Gasteiger partial charge in [-0.3, -0.25) is 10.1 Å². The predicted molar refractivity (Wildman–Crippen MR) is 74.0 cm³/mol. The van der Waals surface area contributed by atoms with Crippen molar-refractivity contribution in [2.24, 2.45) is 5.73 Å². The lowest BCUT2D eigenvalue weighted by molar-refractivity contribution is -0.117. The molecule has 1 aromatic heterocycles. The summed E-state index contributed by atoms with van der Waals surface area (Å²) in [5, 5.41) is 9.80. The van der Waals surface area contributed by atoms with E-state index in [1.54, 1.807) is 6.07 Å². The fourth-order valence-electron chi connectivity index (χ4n) is 1.50. The van der Waals surface area contributed by atoms with Crippen LogP contribution in [0.1, 0.15) is 0 Å². The summed E-state index contributed by atoms with van der Waals surface area (Å²) in [6, 6.07) is 4.78. The van der Waals surface area contributed by atoms with Crippen LogP contribution < -0.4 is 16.9 Å². The minimum atomic E-state index is -0.935. The molecule has 0 saturated carbocycles. The standard InChI is InChI=1S/C11H11FN6O2S/c12-7-3-1-2-6(4-7)9-16-17-11(18(9)14)21-5-8(19)15-10(13)20/h1-4H,5,14H2,(H3,13,15,19,20). The number of nitrogen functional groups attached to an aromatic ring is 1. The molecule has 0 unspecified atom stereocenters. The number of aromatic nitrogens is 3. The normalized spacial score (nSPS) is 10.3. The van der Waals surface area contributed by atoms with E-state index in [0.717, 1.165) is 16.4 Å². The predicted octanol–water partition coefficient (Wildman–Crippen LogP) is 0.0850. The Morgan fingerprint density at radius 3 is 2.81 bits per heavy atom. The van der Waals surface area contributed by atoms with Gasteiger partial charge in [0, 0.05) is 5.56 Å². The molecule has 1 aromatic carbocycles. The molecule has 0 fully saturated rings. The first-order valence-corrected chi connectivity index (χ1v) is 6.64. The first-order chi connectivity index (χ1) is 9.97. The number of benzene rings is 1. The number of carbonyl (C=O) groups is 2. The highest BCUT2D eigenvalue weighted by Gasteiger charge is 2.14. The van der Waals surface area contributed by atoms with Gasteiger partial charge in [0.2, 0.25) is 11.1 Å². The molecule has 21 heavy (non-hydrogen) atoms. The van der Waals surface area contributed by atoms with E-state index >= 15 is 0 Å². The molecule has 0 bridgehead atoms. The van der Waals surface area contributed by atoms with Crippen LogP contribution in [0.5, 0.6) is 0 Å². The lowest BCUT2D eigenvalue weighted by Gasteiger charge is -2.03. The molecule has 3 amide bonds. The number of amides is 3. The summed E-state index contributed by atoms with van der Waals surface area (Å²) in [5.74, 6) is 4.94. The SMILES string of the molecule is NC(=O)NC(=O)CSc1nnc(-c2cccc(F)c2)n1N. The smallest absolute Gasteiger partial charge is 0.318 e. The molecular formula is C11H11FN6O2S. The zero-order chi connectivity index (χ0) is 15.4. The summed E-state index contributed by atoms with van der Waals surface area (Å²) < 4.78 is 14.3. The lowest BCUT2D eigenvalue weighted by atomic mass is 10.2. The number of hydrogen-bond donors (Lipinski definition) is 3. The molecule has 110 valence electrons. The fourth-order valence-corrected chi connectivity index (χ4v) is 2.16. The molecular weight excluding hydrogens is 299 g/mol. The summed E-state index contributed by atoms with van der Waals surface area (Å²) in [5.41, 5.74) is 5.27. The van der Waals surface area contributed by atoms with Gasteiger partial charge in [0.1, 0.15) is 5.82 Å². The number of urea groups is 1. The van der Waals surface area contributed by atoms with Gasteiger partial charge in [-0.2, -0.15) is 0 Å². The second-order valence-corrected chi connectivity index (χ2v) is 4.83. The molecule has 5 N–H and O–H groups in total. The Hall–Kier alpha value is -2.62. The van der Waals surface area contributed by atoms with E-state index in [4.69, 9.17) is 11.6 Å². The average Bonchev–Trinajstić information content (AvgIpc) is 2.77. The third-order valence-corrected chi connectivity index (χ3v) is 3.29. The Bertz CT molecular complexity index is 689. The molecule has 0 aliphatic heterocycles. The number of rotatable bonds is 4. The van der Waals surface area contributed by atoms with E-state index in [1.165, 1.54) is 18.2 Å². The van der Waals surface area contributed by atoms with Gasteiger partial charge in [0.05, 0.1) is 5.75 Å². The van der Waals surface area contributed by atoms with Crippen molar-refractivity contribution in [3.8, 4) is 11.4 Å². The summed E-state index contributed by atoms with van der Waals surface area (Å²) in [7, 11) is 0. The third kappa shape index (κ3) is 3.69. The number of primary amides is 1. The summed E-state index contributed by atoms with van der Waals surface area (Å²) >= 11 is 0.968. The van der Waals surface area contributed by atoms with Crippen molar-refractivity contribution in [1.82, 2.24) is 20.2 Å². The first-order valence-electron chi connectivity index (χ1n) is 5.66. The van der Waals surface area contributed by atoms with Gasteiger partial charge in [-0.1, -0.05) is 23.9 Å². The average molecular weight is 310 g/mol. The van der Waals surface area contributed by atoms with Crippen molar-refractivity contribution in [2.75, 3.05) is 11.6 Å². The minimum Gasteiger partial charge on any atom is -0.351 e. The van der Waals surface area contributed by atoms with Crippen molar-refractivity contribution in [2.45, 2.75) is 5.16 Å². The van der Waals surface area contributed by atoms with Gasteiger partial charge in [-0.05, 0) is 12.1 Å². The number of hydrogen-bond acceptors (Lipinski definition) is 6. The van der Waals surface area contributed by atoms with Crippen LogP contribution in [0.3, 0.4) is 0 Å². The van der Waals surface area contributed by atoms with E-state index in [-0.39, 0.29) is 16.7 Å². The van der Waals surface area contributed by atoms with Gasteiger partial charge in [0.15, 0.2) is 5.82 Å². The summed E-state index contributed by atoms with van der Waals surface area (Å²) in [6.07, 6.45) is 0. The van der Waals surface area contributed by atoms with E-state index in [9.17, 15) is 14.0 Å². The molecule has 2 rings (SSSR count). The first kappa shape index (κ1) is 14.8. The monoisotopic (exact) mass is 310 g/mol. The Morgan fingerprint density at radius 2 is 2.14 bits per heavy atom. The molecule has 0 spiro atoms. The molecule has 0 aliphatic rings. The lowest BCUT2D eigenvalue weighted by Crippen LogP contribution is -2.36. The van der Waals surface area contributed by atoms with Crippen LogP contribution in [-0.4, -0.2) is 32.6 Å². The van der Waals surface area contributed by atoms with E-state index in [1.807, 2.05) is 5.32 Å². The second kappa shape index (κ2) is 6.22. The maximum absolute atomic E-state index is 13.2. The fraction of sp³-hybridized carbons (Fsp3) is 0.0909. The van der Waals surface area contributed by atoms with Crippen LogP contribution in [0.4, 0.5) is 9.18 Å². The van der Waals surface area contributed by atoms with E-state index < -0.39 is 17.8 Å². The van der Waals surface area contributed by atoms with Gasteiger partial charge < -0.3 is 11.6 Å². The van der Waals surface area contributed by atoms with Crippen LogP contribution in [0.2, 0.25) is 0 Å². The number of thioether (sulfide) groups is 1. The van der Waals surface area contributed by atoms with Crippen molar-refractivity contribution in [1.29, 1.82) is 0 Å². The summed E-state index contributed by atoms with van der Waals surface area (Å²) in [4.78, 5) is 21.8. The zero-order valence-electron chi connectivity index (χ0n) is 10.6. The maximum atomic E-state index is 13.2. The Labute approximate surface area is 122 Å². The van der Waals surface area contributed by atoms with Crippen molar-refractivity contribution in [3.63, 3.8) is 0 Å². The quantitative estimate of drug-likeness (QED) is 0.542. The van der Waals surface area contributed by atoms with Crippen LogP contribution in [0, 0.1) is 5.82 Å². The van der Waals surface area contributed by atoms with Crippen LogP contribution in [0.25, 0.3) is 11.4 Å². The number of nitrogens with two attached hydrogens (primary N) is 2. The van der Waals surface area contributed by atoms with Gasteiger partial charge in [-0.15, -0.1) is 10.2 Å². The van der Waals surface area contributed by atoms with Crippen molar-refractivity contribution >= 4 is 23.7 Å². The van der Waals surface area contributed by atoms with Crippen LogP contribution in [-0.2, 0) is 4.79 Å². The van der Waals surface area contributed by atoms with Gasteiger partial charge in [-0.25, -0.2) is 13.9 Å². The van der Waals surface area contributed by atoms with Crippen molar-refractivity contribution < 1.29 is 14.0 Å². The zero-order valence-corrected chi connectivity index (χ0v) is 11.4. The van der Waals surface area contributed by atoms with Gasteiger partial charge in [0.25, 0.3) is 0 Å². The highest BCUT2D eigenvalue weighted by molar-refractivity contribution is 7.99. The molecule has 0 radical (unpaired) electrons. The molecule has 8 nitrogen and oxygen atoms in total. The number of halogens is 1. The number of imide groups is 1. The van der Waals surface area contributed by atoms with Gasteiger partial charge >= 0.3 is 6.03 Å².